The van der Waals surface area contributed by atoms with Gasteiger partial charge in [0.1, 0.15) is 0 Å². The summed E-state index contributed by atoms with van der Waals surface area (Å²) in [6, 6.07) is 4.43. The first-order chi connectivity index (χ1) is 13.1. The van der Waals surface area contributed by atoms with Gasteiger partial charge in [-0.25, -0.2) is 0 Å². The summed E-state index contributed by atoms with van der Waals surface area (Å²) in [7, 11) is 0. The predicted molar refractivity (Wildman–Crippen MR) is 100 cm³/mol. The molecule has 3 N–H and O–H groups in total. The fourth-order valence-corrected chi connectivity index (χ4v) is 3.44. The average molecular weight is 399 g/mol. The van der Waals surface area contributed by atoms with Crippen LogP contribution in [0, 0.1) is 5.92 Å². The molecule has 2 amide bonds. The standard InChI is InChI=1S/C20H28F3N3O2/c1-13(2)18(24)19(28)25-11-17(27)26(15-8-4-5-9-15)12-14-7-3-6-10-16(14)20(21,22)23/h3,6-7,10,13,15,18H,4-5,8-9,11-12,24H2,1-2H3,(H,25,28)/t18-/m0/s1. The average Bonchev–Trinajstić information content (AvgIpc) is 3.17. The third-order valence-corrected chi connectivity index (χ3v) is 5.18. The number of hydrogen-bond acceptors (Lipinski definition) is 3. The zero-order valence-electron chi connectivity index (χ0n) is 16.3. The van der Waals surface area contributed by atoms with Crippen molar-refractivity contribution in [1.82, 2.24) is 10.2 Å². The van der Waals surface area contributed by atoms with E-state index in [1.54, 1.807) is 13.8 Å². The molecule has 0 aliphatic heterocycles. The van der Waals surface area contributed by atoms with Crippen LogP contribution in [0.2, 0.25) is 0 Å². The summed E-state index contributed by atoms with van der Waals surface area (Å²) in [6.07, 6.45) is -1.13. The molecular formula is C20H28F3N3O2. The summed E-state index contributed by atoms with van der Waals surface area (Å²) in [5.74, 6) is -0.918. The van der Waals surface area contributed by atoms with Gasteiger partial charge in [0.2, 0.25) is 11.8 Å². The first kappa shape index (κ1) is 22.2. The Hall–Kier alpha value is -2.09. The molecule has 0 unspecified atom stereocenters. The smallest absolute Gasteiger partial charge is 0.346 e. The Kier molecular flexibility index (Phi) is 7.46. The highest BCUT2D eigenvalue weighted by atomic mass is 19.4. The van der Waals surface area contributed by atoms with Crippen LogP contribution in [-0.4, -0.2) is 35.3 Å². The molecule has 28 heavy (non-hydrogen) atoms. The second-order valence-electron chi connectivity index (χ2n) is 7.60. The van der Waals surface area contributed by atoms with Crippen molar-refractivity contribution in [2.75, 3.05) is 6.54 Å². The Morgan fingerprint density at radius 2 is 1.82 bits per heavy atom. The van der Waals surface area contributed by atoms with Gasteiger partial charge in [0.15, 0.2) is 0 Å². The van der Waals surface area contributed by atoms with Crippen molar-refractivity contribution in [3.8, 4) is 0 Å². The number of halogens is 3. The van der Waals surface area contributed by atoms with Crippen LogP contribution in [-0.2, 0) is 22.3 Å². The molecule has 0 spiro atoms. The quantitative estimate of drug-likeness (QED) is 0.740. The van der Waals surface area contributed by atoms with Gasteiger partial charge in [-0.05, 0) is 30.4 Å². The molecule has 1 aromatic rings. The minimum Gasteiger partial charge on any atom is -0.346 e. The lowest BCUT2D eigenvalue weighted by molar-refractivity contribution is -0.140. The lowest BCUT2D eigenvalue weighted by Gasteiger charge is -2.30. The van der Waals surface area contributed by atoms with Crippen LogP contribution in [0.3, 0.4) is 0 Å². The van der Waals surface area contributed by atoms with E-state index in [0.717, 1.165) is 31.7 Å². The van der Waals surface area contributed by atoms with Crippen LogP contribution in [0.4, 0.5) is 13.2 Å². The SMILES string of the molecule is CC(C)[C@H](N)C(=O)NCC(=O)N(Cc1ccccc1C(F)(F)F)C1CCCC1. The Morgan fingerprint density at radius 3 is 2.39 bits per heavy atom. The van der Waals surface area contributed by atoms with E-state index in [1.165, 1.54) is 23.1 Å². The van der Waals surface area contributed by atoms with Gasteiger partial charge in [-0.2, -0.15) is 13.2 Å². The number of carbonyl (C=O) groups excluding carboxylic acids is 2. The second-order valence-corrected chi connectivity index (χ2v) is 7.60. The molecule has 2 rings (SSSR count). The maximum absolute atomic E-state index is 13.3. The summed E-state index contributed by atoms with van der Waals surface area (Å²) in [4.78, 5) is 26.3. The van der Waals surface area contributed by atoms with Gasteiger partial charge in [0.05, 0.1) is 18.2 Å². The third-order valence-electron chi connectivity index (χ3n) is 5.18. The van der Waals surface area contributed by atoms with Gasteiger partial charge < -0.3 is 16.0 Å². The van der Waals surface area contributed by atoms with E-state index in [-0.39, 0.29) is 30.6 Å². The Morgan fingerprint density at radius 1 is 1.21 bits per heavy atom. The molecule has 1 aliphatic rings. The fraction of sp³-hybridized carbons (Fsp3) is 0.600. The highest BCUT2D eigenvalue weighted by Gasteiger charge is 2.35. The minimum absolute atomic E-state index is 0.0560. The molecule has 0 heterocycles. The fourth-order valence-electron chi connectivity index (χ4n) is 3.44. The van der Waals surface area contributed by atoms with Crippen molar-refractivity contribution in [1.29, 1.82) is 0 Å². The number of nitrogens with one attached hydrogen (secondary N) is 1. The third kappa shape index (κ3) is 5.70. The van der Waals surface area contributed by atoms with E-state index in [2.05, 4.69) is 5.32 Å². The number of hydrogen-bond donors (Lipinski definition) is 2. The van der Waals surface area contributed by atoms with Crippen molar-refractivity contribution in [2.24, 2.45) is 11.7 Å². The van der Waals surface area contributed by atoms with E-state index in [9.17, 15) is 22.8 Å². The van der Waals surface area contributed by atoms with Gasteiger partial charge in [-0.1, -0.05) is 44.9 Å². The summed E-state index contributed by atoms with van der Waals surface area (Å²) in [6.45, 7) is 3.19. The molecule has 8 heteroatoms. The predicted octanol–water partition coefficient (Wildman–Crippen LogP) is 3.08. The van der Waals surface area contributed by atoms with Gasteiger partial charge >= 0.3 is 6.18 Å². The lowest BCUT2D eigenvalue weighted by Crippen LogP contribution is -2.49. The van der Waals surface area contributed by atoms with Gasteiger partial charge in [0.25, 0.3) is 0 Å². The molecule has 1 atom stereocenters. The number of alkyl halides is 3. The van der Waals surface area contributed by atoms with Crippen LogP contribution in [0.15, 0.2) is 24.3 Å². The van der Waals surface area contributed by atoms with Crippen molar-refractivity contribution < 1.29 is 22.8 Å². The number of amides is 2. The van der Waals surface area contributed by atoms with E-state index >= 15 is 0 Å². The zero-order valence-corrected chi connectivity index (χ0v) is 16.3. The highest BCUT2D eigenvalue weighted by molar-refractivity contribution is 5.87. The summed E-state index contributed by atoms with van der Waals surface area (Å²) in [5.41, 5.74) is 5.09. The number of rotatable bonds is 7. The molecular weight excluding hydrogens is 371 g/mol. The molecule has 156 valence electrons. The Bertz CT molecular complexity index is 686. The summed E-state index contributed by atoms with van der Waals surface area (Å²) in [5, 5.41) is 2.52. The van der Waals surface area contributed by atoms with Crippen LogP contribution in [0.5, 0.6) is 0 Å². The van der Waals surface area contributed by atoms with E-state index in [1.807, 2.05) is 0 Å². The number of carbonyl (C=O) groups is 2. The zero-order chi connectivity index (χ0) is 20.9. The molecule has 1 aromatic carbocycles. The highest BCUT2D eigenvalue weighted by Crippen LogP contribution is 2.33. The summed E-state index contributed by atoms with van der Waals surface area (Å²) < 4.78 is 40.0. The minimum atomic E-state index is -4.49. The van der Waals surface area contributed by atoms with Crippen molar-refractivity contribution in [3.05, 3.63) is 35.4 Å². The lowest BCUT2D eigenvalue weighted by atomic mass is 10.0. The second kappa shape index (κ2) is 9.41. The maximum atomic E-state index is 13.3. The van der Waals surface area contributed by atoms with Crippen molar-refractivity contribution in [2.45, 2.75) is 64.3 Å². The number of benzene rings is 1. The van der Waals surface area contributed by atoms with Crippen LogP contribution < -0.4 is 11.1 Å². The van der Waals surface area contributed by atoms with Crippen LogP contribution >= 0.6 is 0 Å². The maximum Gasteiger partial charge on any atom is 0.416 e. The molecule has 5 nitrogen and oxygen atoms in total. The molecule has 1 aliphatic carbocycles. The summed E-state index contributed by atoms with van der Waals surface area (Å²) >= 11 is 0. The van der Waals surface area contributed by atoms with E-state index in [4.69, 9.17) is 5.73 Å². The molecule has 1 saturated carbocycles. The topological polar surface area (TPSA) is 75.4 Å². The van der Waals surface area contributed by atoms with Crippen LogP contribution in [0.1, 0.15) is 50.7 Å². The van der Waals surface area contributed by atoms with Crippen molar-refractivity contribution >= 4 is 11.8 Å². The van der Waals surface area contributed by atoms with Gasteiger partial charge in [-0.3, -0.25) is 9.59 Å². The first-order valence-electron chi connectivity index (χ1n) is 9.59. The van der Waals surface area contributed by atoms with Crippen molar-refractivity contribution in [3.63, 3.8) is 0 Å². The number of nitrogens with zero attached hydrogens (tertiary/aromatic N) is 1. The molecule has 0 radical (unpaired) electrons. The largest absolute Gasteiger partial charge is 0.416 e. The van der Waals surface area contributed by atoms with Crippen LogP contribution in [0.25, 0.3) is 0 Å². The normalized spacial score (nSPS) is 16.2. The van der Waals surface area contributed by atoms with Gasteiger partial charge in [-0.15, -0.1) is 0 Å². The first-order valence-corrected chi connectivity index (χ1v) is 9.59. The van der Waals surface area contributed by atoms with Gasteiger partial charge in [0, 0.05) is 12.6 Å². The molecule has 0 bridgehead atoms. The van der Waals surface area contributed by atoms with E-state index in [0.29, 0.717) is 0 Å². The molecule has 0 saturated heterocycles. The Balaban J connectivity index is 2.15. The van der Waals surface area contributed by atoms with E-state index < -0.39 is 29.6 Å². The monoisotopic (exact) mass is 399 g/mol. The number of nitrogens with two attached hydrogens (primary N) is 1. The molecule has 1 fully saturated rings. The molecule has 0 aromatic heterocycles. The Labute approximate surface area is 163 Å².